The van der Waals surface area contributed by atoms with E-state index in [0.29, 0.717) is 19.3 Å². The minimum absolute atomic E-state index is 0.0293. The normalized spacial score (nSPS) is 14.2. The van der Waals surface area contributed by atoms with Crippen molar-refractivity contribution in [1.29, 1.82) is 0 Å². The second kappa shape index (κ2) is 15.0. The van der Waals surface area contributed by atoms with Gasteiger partial charge in [-0.25, -0.2) is 0 Å². The monoisotopic (exact) mass is 733 g/mol. The Morgan fingerprint density at radius 1 is 0.389 bits per heavy atom. The van der Waals surface area contributed by atoms with Crippen LogP contribution in [0.2, 0.25) is 0 Å². The molecule has 0 heterocycles. The van der Waals surface area contributed by atoms with Gasteiger partial charge in [0, 0.05) is 36.3 Å². The van der Waals surface area contributed by atoms with E-state index in [1.54, 1.807) is 0 Å². The Balaban J connectivity index is 2.03. The van der Waals surface area contributed by atoms with Gasteiger partial charge in [-0.3, -0.25) is 0 Å². The zero-order valence-corrected chi connectivity index (χ0v) is 36.7. The maximum Gasteiger partial charge on any atom is 0.126 e. The van der Waals surface area contributed by atoms with Crippen molar-refractivity contribution in [3.05, 3.63) is 115 Å². The molecule has 0 atom stereocenters. The lowest BCUT2D eigenvalue weighted by Crippen LogP contribution is -2.18. The molecule has 0 N–H and O–H groups in total. The van der Waals surface area contributed by atoms with Crippen LogP contribution >= 0.6 is 0 Å². The van der Waals surface area contributed by atoms with Gasteiger partial charge in [-0.1, -0.05) is 139 Å². The van der Waals surface area contributed by atoms with Crippen LogP contribution in [0.3, 0.4) is 0 Å². The van der Waals surface area contributed by atoms with Crippen LogP contribution in [0.25, 0.3) is 0 Å². The van der Waals surface area contributed by atoms with Gasteiger partial charge in [0.2, 0.25) is 0 Å². The summed E-state index contributed by atoms with van der Waals surface area (Å²) in [5.74, 6) is 3.77. The Hall–Kier alpha value is -3.92. The summed E-state index contributed by atoms with van der Waals surface area (Å²) in [5.41, 5.74) is 14.2. The van der Waals surface area contributed by atoms with E-state index in [9.17, 15) is 0 Å². The van der Waals surface area contributed by atoms with E-state index in [-0.39, 0.29) is 27.6 Å². The highest BCUT2D eigenvalue weighted by Crippen LogP contribution is 2.48. The smallest absolute Gasteiger partial charge is 0.126 e. The van der Waals surface area contributed by atoms with Crippen LogP contribution in [0.15, 0.2) is 48.5 Å². The highest BCUT2D eigenvalue weighted by atomic mass is 16.5. The molecule has 4 aromatic rings. The van der Waals surface area contributed by atoms with Crippen LogP contribution in [0, 0.1) is 0 Å². The van der Waals surface area contributed by atoms with E-state index < -0.39 is 0 Å². The molecule has 0 radical (unpaired) electrons. The molecule has 5 rings (SSSR count). The number of benzene rings is 4. The Morgan fingerprint density at radius 3 is 0.815 bits per heavy atom. The van der Waals surface area contributed by atoms with Crippen molar-refractivity contribution < 1.29 is 18.9 Å². The molecule has 0 spiro atoms. The van der Waals surface area contributed by atoms with Crippen LogP contribution in [0.4, 0.5) is 0 Å². The first-order chi connectivity index (χ1) is 25.0. The topological polar surface area (TPSA) is 36.9 Å². The van der Waals surface area contributed by atoms with Gasteiger partial charge in [0.05, 0.1) is 28.4 Å². The molecular weight excluding hydrogens is 665 g/mol. The predicted octanol–water partition coefficient (Wildman–Crippen LogP) is 12.5. The molecule has 0 fully saturated rings. The first-order valence-electron chi connectivity index (χ1n) is 19.9. The van der Waals surface area contributed by atoms with Crippen LogP contribution in [0.1, 0.15) is 169 Å². The molecule has 4 heteroatoms. The highest BCUT2D eigenvalue weighted by molar-refractivity contribution is 5.61. The summed E-state index contributed by atoms with van der Waals surface area (Å²) in [7, 11) is 7.30. The SMILES string of the molecule is CCC1c2cc(C(C)(C)C)cc(c2OC)Cc2cc(C(C)(C)C)cc(c2OC)Cc2cc(C(C)(C)C)cc(c2OC)Cc2cc(C(C)(C)C)cc1c2OC. The van der Waals surface area contributed by atoms with Gasteiger partial charge in [0.25, 0.3) is 0 Å². The number of hydrogen-bond donors (Lipinski definition) is 0. The van der Waals surface area contributed by atoms with Gasteiger partial charge in [-0.05, 0) is 83.7 Å². The zero-order chi connectivity index (χ0) is 40.1. The second-order valence-corrected chi connectivity index (χ2v) is 19.7. The van der Waals surface area contributed by atoms with Crippen LogP contribution in [-0.2, 0) is 40.9 Å². The Bertz CT molecular complexity index is 1860. The van der Waals surface area contributed by atoms with Crippen molar-refractivity contribution in [2.45, 2.75) is 143 Å². The van der Waals surface area contributed by atoms with Crippen molar-refractivity contribution in [3.63, 3.8) is 0 Å². The van der Waals surface area contributed by atoms with Gasteiger partial charge >= 0.3 is 0 Å². The van der Waals surface area contributed by atoms with Gasteiger partial charge < -0.3 is 18.9 Å². The van der Waals surface area contributed by atoms with E-state index in [1.807, 2.05) is 28.4 Å². The molecule has 292 valence electrons. The van der Waals surface area contributed by atoms with E-state index in [4.69, 9.17) is 18.9 Å². The summed E-state index contributed by atoms with van der Waals surface area (Å²) in [4.78, 5) is 0. The van der Waals surface area contributed by atoms with Gasteiger partial charge in [-0.15, -0.1) is 0 Å². The lowest BCUT2D eigenvalue weighted by Gasteiger charge is -2.31. The number of fused-ring (bicyclic) bond motifs is 8. The number of rotatable bonds is 5. The molecule has 1 aliphatic rings. The van der Waals surface area contributed by atoms with Crippen LogP contribution in [0.5, 0.6) is 23.0 Å². The average molecular weight is 733 g/mol. The van der Waals surface area contributed by atoms with E-state index >= 15 is 0 Å². The third kappa shape index (κ3) is 8.19. The number of ether oxygens (including phenoxy) is 4. The van der Waals surface area contributed by atoms with Crippen LogP contribution in [-0.4, -0.2) is 28.4 Å². The molecule has 0 amide bonds. The molecule has 0 saturated heterocycles. The Morgan fingerprint density at radius 2 is 0.611 bits per heavy atom. The standard InChI is InChI=1S/C50H68O4/c1-18-40-41-28-38(49(8,9)10)26-34(45(41)53-16)20-32-24-36(47(2,3)4)22-30(43(32)51-14)19-31-23-37(48(5,6)7)25-33(44(31)52-15)21-35-27-39(50(11,12)13)29-42(40)46(35)54-17/h22-29,40H,18-21H2,1-17H3. The molecule has 54 heavy (non-hydrogen) atoms. The van der Waals surface area contributed by atoms with E-state index in [1.165, 1.54) is 44.5 Å². The minimum atomic E-state index is -0.0794. The first kappa shape index (κ1) is 41.2. The fourth-order valence-corrected chi connectivity index (χ4v) is 8.22. The summed E-state index contributed by atoms with van der Waals surface area (Å²) in [6, 6.07) is 19.0. The molecule has 0 saturated carbocycles. The predicted molar refractivity (Wildman–Crippen MR) is 227 cm³/mol. The maximum absolute atomic E-state index is 6.52. The lowest BCUT2D eigenvalue weighted by molar-refractivity contribution is 0.390. The van der Waals surface area contributed by atoms with Gasteiger partial charge in [0.1, 0.15) is 23.0 Å². The summed E-state index contributed by atoms with van der Waals surface area (Å²) in [5, 5.41) is 0. The molecule has 4 aromatic carbocycles. The van der Waals surface area contributed by atoms with Gasteiger partial charge in [-0.2, -0.15) is 0 Å². The molecular formula is C50H68O4. The first-order valence-corrected chi connectivity index (χ1v) is 19.9. The maximum atomic E-state index is 6.52. The van der Waals surface area contributed by atoms with Crippen molar-refractivity contribution >= 4 is 0 Å². The van der Waals surface area contributed by atoms with Crippen molar-refractivity contribution in [1.82, 2.24) is 0 Å². The summed E-state index contributed by atoms with van der Waals surface area (Å²) in [6.45, 7) is 29.9. The van der Waals surface area contributed by atoms with E-state index in [0.717, 1.165) is 51.7 Å². The summed E-state index contributed by atoms with van der Waals surface area (Å²) < 4.78 is 25.9. The number of hydrogen-bond acceptors (Lipinski definition) is 4. The third-order valence-corrected chi connectivity index (χ3v) is 11.5. The zero-order valence-electron chi connectivity index (χ0n) is 36.7. The summed E-state index contributed by atoms with van der Waals surface area (Å²) >= 11 is 0. The fourth-order valence-electron chi connectivity index (χ4n) is 8.22. The van der Waals surface area contributed by atoms with Crippen molar-refractivity contribution in [2.75, 3.05) is 28.4 Å². The molecule has 0 aromatic heterocycles. The third-order valence-electron chi connectivity index (χ3n) is 11.5. The molecule has 8 bridgehead atoms. The Kier molecular flexibility index (Phi) is 11.4. The van der Waals surface area contributed by atoms with E-state index in [2.05, 4.69) is 139 Å². The van der Waals surface area contributed by atoms with Crippen molar-refractivity contribution in [3.8, 4) is 23.0 Å². The minimum Gasteiger partial charge on any atom is -0.496 e. The molecule has 4 nitrogen and oxygen atoms in total. The molecule has 1 aliphatic carbocycles. The molecule has 0 aliphatic heterocycles. The quantitative estimate of drug-likeness (QED) is 0.205. The second-order valence-electron chi connectivity index (χ2n) is 19.7. The highest BCUT2D eigenvalue weighted by Gasteiger charge is 2.31. The average Bonchev–Trinajstić information content (AvgIpc) is 3.06. The lowest BCUT2D eigenvalue weighted by atomic mass is 9.76. The molecule has 0 unspecified atom stereocenters. The largest absolute Gasteiger partial charge is 0.496 e. The Labute approximate surface area is 328 Å². The van der Waals surface area contributed by atoms with Gasteiger partial charge in [0.15, 0.2) is 0 Å². The van der Waals surface area contributed by atoms with Crippen LogP contribution < -0.4 is 18.9 Å². The van der Waals surface area contributed by atoms with Crippen molar-refractivity contribution in [2.24, 2.45) is 0 Å². The fraction of sp³-hybridized carbons (Fsp3) is 0.520. The number of methoxy groups -OCH3 is 4. The summed E-state index contributed by atoms with van der Waals surface area (Å²) in [6.07, 6.45) is 2.90.